The Morgan fingerprint density at radius 1 is 1.05 bits per heavy atom. The molecule has 3 aromatic carbocycles. The number of nitriles is 1. The number of allylic oxidation sites excluding steroid dienone is 1. The van der Waals surface area contributed by atoms with E-state index in [1.807, 2.05) is 25.1 Å². The summed E-state index contributed by atoms with van der Waals surface area (Å²) >= 11 is 0. The molecule has 188 valence electrons. The zero-order valence-corrected chi connectivity index (χ0v) is 20.1. The van der Waals surface area contributed by atoms with E-state index >= 15 is 0 Å². The van der Waals surface area contributed by atoms with Crippen LogP contribution in [0, 0.1) is 11.3 Å². The summed E-state index contributed by atoms with van der Waals surface area (Å²) in [5.74, 6) is 0.697. The number of hydrogen-bond donors (Lipinski definition) is 1. The minimum Gasteiger partial charge on any atom is -0.496 e. The molecule has 2 aliphatic heterocycles. The number of alkyl halides is 3. The molecular formula is C29H23F3N2O3. The van der Waals surface area contributed by atoms with Gasteiger partial charge in [-0.1, -0.05) is 37.3 Å². The van der Waals surface area contributed by atoms with Crippen molar-refractivity contribution in [3.63, 3.8) is 0 Å². The van der Waals surface area contributed by atoms with E-state index in [-0.39, 0.29) is 34.9 Å². The van der Waals surface area contributed by atoms with E-state index in [0.29, 0.717) is 22.6 Å². The van der Waals surface area contributed by atoms with Gasteiger partial charge in [-0.2, -0.15) is 18.4 Å². The highest BCUT2D eigenvalue weighted by molar-refractivity contribution is 5.78. The van der Waals surface area contributed by atoms with Gasteiger partial charge in [0.15, 0.2) is 0 Å². The van der Waals surface area contributed by atoms with Gasteiger partial charge in [0.25, 0.3) is 0 Å². The van der Waals surface area contributed by atoms with Gasteiger partial charge in [-0.05, 0) is 53.4 Å². The van der Waals surface area contributed by atoms with E-state index in [2.05, 4.69) is 6.07 Å². The summed E-state index contributed by atoms with van der Waals surface area (Å²) < 4.78 is 59.0. The predicted octanol–water partition coefficient (Wildman–Crippen LogP) is 6.55. The van der Waals surface area contributed by atoms with Crippen LogP contribution in [0.2, 0.25) is 0 Å². The standard InChI is InChI=1S/C29H23F3N2O3/c1-3-16-8-10-25-20(12-16)27-22(15-36-25)26(21(14-33)28(34)37-27)17-9-11-24(35-2)19(13-17)18-6-4-5-7-23(18)29(30,31)32/h4-13,26H,3,15,34H2,1-2H3. The Morgan fingerprint density at radius 3 is 2.54 bits per heavy atom. The first kappa shape index (κ1) is 24.3. The van der Waals surface area contributed by atoms with Crippen molar-refractivity contribution in [1.82, 2.24) is 0 Å². The second-order valence-corrected chi connectivity index (χ2v) is 8.75. The van der Waals surface area contributed by atoms with Crippen molar-refractivity contribution in [2.24, 2.45) is 5.73 Å². The van der Waals surface area contributed by atoms with E-state index in [9.17, 15) is 18.4 Å². The van der Waals surface area contributed by atoms with Crippen molar-refractivity contribution in [2.45, 2.75) is 25.4 Å². The number of rotatable bonds is 4. The lowest BCUT2D eigenvalue weighted by atomic mass is 9.80. The Morgan fingerprint density at radius 2 is 1.84 bits per heavy atom. The third-order valence-electron chi connectivity index (χ3n) is 6.69. The van der Waals surface area contributed by atoms with Gasteiger partial charge >= 0.3 is 6.18 Å². The van der Waals surface area contributed by atoms with Crippen LogP contribution < -0.4 is 15.2 Å². The Labute approximate surface area is 212 Å². The van der Waals surface area contributed by atoms with E-state index in [4.69, 9.17) is 19.9 Å². The van der Waals surface area contributed by atoms with Gasteiger partial charge in [0.05, 0.1) is 24.2 Å². The molecule has 3 aromatic rings. The second-order valence-electron chi connectivity index (χ2n) is 8.75. The Balaban J connectivity index is 1.72. The topological polar surface area (TPSA) is 77.5 Å². The fourth-order valence-corrected chi connectivity index (χ4v) is 4.88. The van der Waals surface area contributed by atoms with Crippen molar-refractivity contribution >= 4 is 5.76 Å². The minimum absolute atomic E-state index is 0.0248. The van der Waals surface area contributed by atoms with Crippen LogP contribution in [-0.2, 0) is 17.3 Å². The van der Waals surface area contributed by atoms with Crippen LogP contribution in [-0.4, -0.2) is 13.7 Å². The number of methoxy groups -OCH3 is 1. The van der Waals surface area contributed by atoms with Crippen molar-refractivity contribution in [3.05, 3.63) is 99.9 Å². The Kier molecular flexibility index (Phi) is 6.08. The molecule has 0 radical (unpaired) electrons. The van der Waals surface area contributed by atoms with Crippen LogP contribution in [0.5, 0.6) is 11.5 Å². The SMILES string of the molecule is CCc1ccc2c(c1)C1=C(CO2)C(c2ccc(OC)c(-c3ccccc3C(F)(F)F)c2)C(C#N)=C(N)O1. The van der Waals surface area contributed by atoms with Crippen LogP contribution >= 0.6 is 0 Å². The zero-order chi connectivity index (χ0) is 26.3. The molecule has 0 bridgehead atoms. The van der Waals surface area contributed by atoms with Crippen LogP contribution in [0.1, 0.15) is 35.1 Å². The summed E-state index contributed by atoms with van der Waals surface area (Å²) in [7, 11) is 1.40. The molecule has 8 heteroatoms. The summed E-state index contributed by atoms with van der Waals surface area (Å²) in [6.07, 6.45) is -3.76. The first-order valence-electron chi connectivity index (χ1n) is 11.7. The van der Waals surface area contributed by atoms with Gasteiger partial charge in [0, 0.05) is 11.1 Å². The van der Waals surface area contributed by atoms with Gasteiger partial charge < -0.3 is 19.9 Å². The van der Waals surface area contributed by atoms with Gasteiger partial charge in [-0.3, -0.25) is 0 Å². The number of fused-ring (bicyclic) bond motifs is 2. The van der Waals surface area contributed by atoms with Crippen LogP contribution in [0.15, 0.2) is 77.7 Å². The van der Waals surface area contributed by atoms with Crippen molar-refractivity contribution in [3.8, 4) is 28.7 Å². The van der Waals surface area contributed by atoms with Crippen LogP contribution in [0.25, 0.3) is 16.9 Å². The molecule has 0 aromatic heterocycles. The third kappa shape index (κ3) is 4.16. The molecular weight excluding hydrogens is 481 g/mol. The number of nitrogens with zero attached hydrogens (tertiary/aromatic N) is 1. The number of ether oxygens (including phenoxy) is 3. The summed E-state index contributed by atoms with van der Waals surface area (Å²) in [5.41, 5.74) is 8.87. The molecule has 37 heavy (non-hydrogen) atoms. The Bertz CT molecular complexity index is 1500. The lowest BCUT2D eigenvalue weighted by molar-refractivity contribution is -0.137. The van der Waals surface area contributed by atoms with Crippen LogP contribution in [0.3, 0.4) is 0 Å². The first-order valence-corrected chi connectivity index (χ1v) is 11.7. The number of aryl methyl sites for hydroxylation is 1. The number of hydrogen-bond acceptors (Lipinski definition) is 5. The maximum Gasteiger partial charge on any atom is 0.417 e. The molecule has 1 unspecified atom stereocenters. The molecule has 0 spiro atoms. The molecule has 0 saturated heterocycles. The fourth-order valence-electron chi connectivity index (χ4n) is 4.88. The molecule has 0 amide bonds. The highest BCUT2D eigenvalue weighted by Crippen LogP contribution is 2.48. The fraction of sp³-hybridized carbons (Fsp3) is 0.207. The lowest BCUT2D eigenvalue weighted by Gasteiger charge is -2.33. The van der Waals surface area contributed by atoms with E-state index in [1.165, 1.54) is 19.2 Å². The second kappa shape index (κ2) is 9.25. The summed E-state index contributed by atoms with van der Waals surface area (Å²) in [5, 5.41) is 9.99. The van der Waals surface area contributed by atoms with Gasteiger partial charge in [0.1, 0.15) is 35.5 Å². The van der Waals surface area contributed by atoms with Gasteiger partial charge in [0.2, 0.25) is 5.88 Å². The summed E-state index contributed by atoms with van der Waals surface area (Å²) in [6.45, 7) is 2.17. The highest BCUT2D eigenvalue weighted by Gasteiger charge is 2.38. The average molecular weight is 505 g/mol. The first-order chi connectivity index (χ1) is 17.8. The monoisotopic (exact) mass is 504 g/mol. The third-order valence-corrected chi connectivity index (χ3v) is 6.69. The Hall–Kier alpha value is -4.38. The summed E-state index contributed by atoms with van der Waals surface area (Å²) in [6, 6.07) is 18.2. The molecule has 0 aliphatic carbocycles. The molecule has 5 rings (SSSR count). The van der Waals surface area contributed by atoms with E-state index in [0.717, 1.165) is 23.6 Å². The van der Waals surface area contributed by atoms with Crippen molar-refractivity contribution in [1.29, 1.82) is 5.26 Å². The molecule has 5 nitrogen and oxygen atoms in total. The summed E-state index contributed by atoms with van der Waals surface area (Å²) in [4.78, 5) is 0. The molecule has 2 heterocycles. The zero-order valence-electron chi connectivity index (χ0n) is 20.1. The number of benzene rings is 3. The molecule has 1 atom stereocenters. The quantitative estimate of drug-likeness (QED) is 0.436. The number of halogens is 3. The molecule has 2 N–H and O–H groups in total. The van der Waals surface area contributed by atoms with E-state index < -0.39 is 17.7 Å². The largest absolute Gasteiger partial charge is 0.496 e. The molecule has 0 fully saturated rings. The van der Waals surface area contributed by atoms with Crippen LogP contribution in [0.4, 0.5) is 13.2 Å². The minimum atomic E-state index is -4.56. The van der Waals surface area contributed by atoms with E-state index in [1.54, 1.807) is 24.3 Å². The predicted molar refractivity (Wildman–Crippen MR) is 132 cm³/mol. The van der Waals surface area contributed by atoms with Gasteiger partial charge in [-0.15, -0.1) is 0 Å². The maximum absolute atomic E-state index is 13.9. The smallest absolute Gasteiger partial charge is 0.417 e. The van der Waals surface area contributed by atoms with Crippen molar-refractivity contribution in [2.75, 3.05) is 13.7 Å². The molecule has 2 aliphatic rings. The average Bonchev–Trinajstić information content (AvgIpc) is 2.91. The number of nitrogens with two attached hydrogens (primary N) is 1. The van der Waals surface area contributed by atoms with Gasteiger partial charge in [-0.25, -0.2) is 0 Å². The molecule has 0 saturated carbocycles. The maximum atomic E-state index is 13.9. The highest BCUT2D eigenvalue weighted by atomic mass is 19.4. The lowest BCUT2D eigenvalue weighted by Crippen LogP contribution is -2.26. The van der Waals surface area contributed by atoms with Crippen molar-refractivity contribution < 1.29 is 27.4 Å². The normalized spacial score (nSPS) is 16.8.